The third-order valence-corrected chi connectivity index (χ3v) is 5.39. The number of thiophene rings is 1. The van der Waals surface area contributed by atoms with Crippen LogP contribution in [0.2, 0.25) is 0 Å². The van der Waals surface area contributed by atoms with Crippen molar-refractivity contribution in [2.24, 2.45) is 0 Å². The van der Waals surface area contributed by atoms with Crippen LogP contribution in [0.5, 0.6) is 0 Å². The monoisotopic (exact) mass is 299 g/mol. The Bertz CT molecular complexity index is 1130. The summed E-state index contributed by atoms with van der Waals surface area (Å²) in [6, 6.07) is 26.1. The quantitative estimate of drug-likeness (QED) is 0.358. The van der Waals surface area contributed by atoms with E-state index in [1.807, 2.05) is 11.3 Å². The molecule has 0 aliphatic carbocycles. The van der Waals surface area contributed by atoms with Gasteiger partial charge in [-0.1, -0.05) is 36.4 Å². The van der Waals surface area contributed by atoms with Crippen LogP contribution in [0.4, 0.5) is 0 Å². The lowest BCUT2D eigenvalue weighted by Gasteiger charge is -2.06. The zero-order valence-electron chi connectivity index (χ0n) is 11.9. The maximum atomic E-state index is 2.31. The van der Waals surface area contributed by atoms with Crippen LogP contribution >= 0.6 is 11.3 Å². The number of hydrogen-bond donors (Lipinski definition) is 0. The summed E-state index contributed by atoms with van der Waals surface area (Å²) >= 11 is 1.86. The molecule has 22 heavy (non-hydrogen) atoms. The van der Waals surface area contributed by atoms with Crippen molar-refractivity contribution < 1.29 is 0 Å². The fraction of sp³-hybridized carbons (Fsp3) is 0. The van der Waals surface area contributed by atoms with Gasteiger partial charge in [0.1, 0.15) is 0 Å². The molecule has 0 radical (unpaired) electrons. The highest BCUT2D eigenvalue weighted by Crippen LogP contribution is 2.35. The molecule has 0 aliphatic heterocycles. The van der Waals surface area contributed by atoms with Gasteiger partial charge in [0.25, 0.3) is 0 Å². The van der Waals surface area contributed by atoms with E-state index in [0.29, 0.717) is 0 Å². The third-order valence-electron chi connectivity index (χ3n) is 4.24. The maximum Gasteiger partial charge on any atom is 0.0528 e. The van der Waals surface area contributed by atoms with Crippen molar-refractivity contribution in [1.29, 1.82) is 0 Å². The summed E-state index contributed by atoms with van der Waals surface area (Å²) < 4.78 is 4.97. The van der Waals surface area contributed by atoms with Gasteiger partial charge in [-0.3, -0.25) is 0 Å². The highest BCUT2D eigenvalue weighted by molar-refractivity contribution is 7.25. The molecule has 0 N–H and O–H groups in total. The first-order valence-corrected chi connectivity index (χ1v) is 8.19. The van der Waals surface area contributed by atoms with Gasteiger partial charge in [-0.15, -0.1) is 11.3 Å². The molecule has 3 aromatic carbocycles. The van der Waals surface area contributed by atoms with E-state index >= 15 is 0 Å². The summed E-state index contributed by atoms with van der Waals surface area (Å²) in [6.45, 7) is 0. The van der Waals surface area contributed by atoms with Gasteiger partial charge in [0.05, 0.1) is 5.52 Å². The molecule has 104 valence electrons. The Labute approximate surface area is 132 Å². The first-order chi connectivity index (χ1) is 10.9. The van der Waals surface area contributed by atoms with E-state index in [9.17, 15) is 0 Å². The van der Waals surface area contributed by atoms with Crippen molar-refractivity contribution in [3.63, 3.8) is 0 Å². The molecule has 2 heterocycles. The largest absolute Gasteiger partial charge is 0.317 e. The number of benzene rings is 3. The Hall–Kier alpha value is -2.58. The van der Waals surface area contributed by atoms with E-state index in [2.05, 4.69) is 83.6 Å². The summed E-state index contributed by atoms with van der Waals surface area (Å²) in [4.78, 5) is 0. The molecule has 0 fully saturated rings. The molecule has 2 aromatic heterocycles. The van der Waals surface area contributed by atoms with Crippen molar-refractivity contribution >= 4 is 42.4 Å². The summed E-state index contributed by atoms with van der Waals surface area (Å²) in [5.74, 6) is 0. The Morgan fingerprint density at radius 1 is 0.682 bits per heavy atom. The zero-order chi connectivity index (χ0) is 14.5. The second kappa shape index (κ2) is 4.46. The van der Waals surface area contributed by atoms with Gasteiger partial charge in [-0.25, -0.2) is 0 Å². The third kappa shape index (κ3) is 1.65. The van der Waals surface area contributed by atoms with Crippen LogP contribution in [-0.2, 0) is 0 Å². The van der Waals surface area contributed by atoms with Crippen LogP contribution in [0.15, 0.2) is 79.0 Å². The molecule has 5 aromatic rings. The van der Waals surface area contributed by atoms with Gasteiger partial charge < -0.3 is 4.57 Å². The molecule has 0 saturated carbocycles. The lowest BCUT2D eigenvalue weighted by Crippen LogP contribution is -1.90. The topological polar surface area (TPSA) is 4.93 Å². The molecule has 1 nitrogen and oxygen atoms in total. The molecule has 0 aliphatic rings. The van der Waals surface area contributed by atoms with E-state index in [1.165, 1.54) is 36.8 Å². The second-order valence-electron chi connectivity index (χ2n) is 5.52. The first kappa shape index (κ1) is 12.0. The number of rotatable bonds is 1. The lowest BCUT2D eigenvalue weighted by molar-refractivity contribution is 1.13. The molecular formula is C20H13NS. The lowest BCUT2D eigenvalue weighted by atomic mass is 10.1. The number of para-hydroxylation sites is 1. The summed E-state index contributed by atoms with van der Waals surface area (Å²) in [5.41, 5.74) is 2.47. The molecular weight excluding hydrogens is 286 g/mol. The Morgan fingerprint density at radius 2 is 1.50 bits per heavy atom. The van der Waals surface area contributed by atoms with Gasteiger partial charge in [-0.2, -0.15) is 0 Å². The van der Waals surface area contributed by atoms with E-state index in [4.69, 9.17) is 0 Å². The van der Waals surface area contributed by atoms with E-state index < -0.39 is 0 Å². The maximum absolute atomic E-state index is 2.31. The minimum Gasteiger partial charge on any atom is -0.317 e. The van der Waals surface area contributed by atoms with Gasteiger partial charge in [0.2, 0.25) is 0 Å². The molecule has 0 spiro atoms. The summed E-state index contributed by atoms with van der Waals surface area (Å²) in [5, 5.41) is 3.97. The number of fused-ring (bicyclic) bond motifs is 4. The van der Waals surface area contributed by atoms with E-state index in [0.717, 1.165) is 0 Å². The van der Waals surface area contributed by atoms with Crippen LogP contribution in [0.3, 0.4) is 0 Å². The smallest absolute Gasteiger partial charge is 0.0528 e. The van der Waals surface area contributed by atoms with Crippen molar-refractivity contribution in [3.05, 3.63) is 79.0 Å². The van der Waals surface area contributed by atoms with Crippen LogP contribution < -0.4 is 0 Å². The highest BCUT2D eigenvalue weighted by atomic mass is 32.1. The minimum atomic E-state index is 1.22. The van der Waals surface area contributed by atoms with Crippen LogP contribution in [0.1, 0.15) is 0 Å². The van der Waals surface area contributed by atoms with Crippen LogP contribution in [0, 0.1) is 0 Å². The van der Waals surface area contributed by atoms with Gasteiger partial charge in [0.15, 0.2) is 0 Å². The van der Waals surface area contributed by atoms with Crippen molar-refractivity contribution in [1.82, 2.24) is 4.57 Å². The minimum absolute atomic E-state index is 1.22. The molecule has 0 atom stereocenters. The Morgan fingerprint density at radius 3 is 2.50 bits per heavy atom. The van der Waals surface area contributed by atoms with Crippen molar-refractivity contribution in [2.75, 3.05) is 0 Å². The van der Waals surface area contributed by atoms with Gasteiger partial charge in [0, 0.05) is 32.1 Å². The molecule has 2 heteroatoms. The van der Waals surface area contributed by atoms with E-state index in [1.54, 1.807) is 0 Å². The van der Waals surface area contributed by atoms with Gasteiger partial charge >= 0.3 is 0 Å². The average molecular weight is 299 g/mol. The average Bonchev–Trinajstić information content (AvgIpc) is 3.15. The Kier molecular flexibility index (Phi) is 2.43. The van der Waals surface area contributed by atoms with E-state index in [-0.39, 0.29) is 0 Å². The van der Waals surface area contributed by atoms with Crippen molar-refractivity contribution in [2.45, 2.75) is 0 Å². The number of hydrogen-bond acceptors (Lipinski definition) is 1. The van der Waals surface area contributed by atoms with Crippen LogP contribution in [0.25, 0.3) is 36.8 Å². The summed E-state index contributed by atoms with van der Waals surface area (Å²) in [7, 11) is 0. The second-order valence-corrected chi connectivity index (χ2v) is 6.61. The van der Waals surface area contributed by atoms with Crippen LogP contribution in [-0.4, -0.2) is 4.57 Å². The fourth-order valence-electron chi connectivity index (χ4n) is 3.17. The molecule has 0 bridgehead atoms. The molecule has 0 amide bonds. The van der Waals surface area contributed by atoms with Crippen molar-refractivity contribution in [3.8, 4) is 5.69 Å². The molecule has 0 unspecified atom stereocenters. The zero-order valence-corrected chi connectivity index (χ0v) is 12.7. The molecule has 5 rings (SSSR count). The summed E-state index contributed by atoms with van der Waals surface area (Å²) in [6.07, 6.45) is 2.15. The predicted octanol–water partition coefficient (Wildman–Crippen LogP) is 6.00. The van der Waals surface area contributed by atoms with Gasteiger partial charge in [-0.05, 0) is 41.8 Å². The molecule has 0 saturated heterocycles. The normalized spacial score (nSPS) is 11.6. The highest BCUT2D eigenvalue weighted by Gasteiger charge is 2.07. The fourth-order valence-corrected chi connectivity index (χ4v) is 4.26. The SMILES string of the molecule is c1ccc2c(c1)ccn2-c1ccc2sc3ccccc3c2c1. The number of nitrogens with zero attached hydrogens (tertiary/aromatic N) is 1. The first-order valence-electron chi connectivity index (χ1n) is 7.38. The standard InChI is InChI=1S/C20H13NS/c1-3-7-18-14(5-1)11-12-21(18)15-9-10-20-17(13-15)16-6-2-4-8-19(16)22-20/h1-13H. The predicted molar refractivity (Wildman–Crippen MR) is 96.2 cm³/mol. The Balaban J connectivity index is 1.83. The number of aromatic nitrogens is 1.